The monoisotopic (exact) mass is 377 g/mol. The Morgan fingerprint density at radius 1 is 1.07 bits per heavy atom. The maximum Gasteiger partial charge on any atom is 0.416 e. The van der Waals surface area contributed by atoms with E-state index in [9.17, 15) is 22.8 Å². The second-order valence-corrected chi connectivity index (χ2v) is 6.44. The smallest absolute Gasteiger partial charge is 0.352 e. The van der Waals surface area contributed by atoms with E-state index in [0.29, 0.717) is 12.1 Å². The zero-order valence-corrected chi connectivity index (χ0v) is 14.2. The fraction of sp³-hybridized carbons (Fsp3) is 0.263. The van der Waals surface area contributed by atoms with Gasteiger partial charge in [0, 0.05) is 18.2 Å². The minimum Gasteiger partial charge on any atom is -0.352 e. The van der Waals surface area contributed by atoms with Crippen molar-refractivity contribution in [1.82, 2.24) is 5.32 Å². The molecule has 0 radical (unpaired) electrons. The number of nitrogens with two attached hydrogens (primary N) is 1. The average molecular weight is 377 g/mol. The summed E-state index contributed by atoms with van der Waals surface area (Å²) < 4.78 is 39.4. The van der Waals surface area contributed by atoms with Gasteiger partial charge in [-0.15, -0.1) is 0 Å². The van der Waals surface area contributed by atoms with Crippen molar-refractivity contribution in [2.24, 2.45) is 11.7 Å². The van der Waals surface area contributed by atoms with Gasteiger partial charge in [-0.1, -0.05) is 30.3 Å². The molecule has 0 unspecified atom stereocenters. The summed E-state index contributed by atoms with van der Waals surface area (Å²) in [6, 6.07) is 11.5. The number of anilines is 1. The maximum absolute atomic E-state index is 13.1. The van der Waals surface area contributed by atoms with E-state index in [2.05, 4.69) is 10.6 Å². The van der Waals surface area contributed by atoms with Crippen molar-refractivity contribution in [2.45, 2.75) is 25.1 Å². The minimum absolute atomic E-state index is 0.165. The lowest BCUT2D eigenvalue weighted by Gasteiger charge is -2.12. The second-order valence-electron chi connectivity index (χ2n) is 6.44. The number of primary amides is 1. The number of rotatable bonds is 5. The molecule has 0 bridgehead atoms. The van der Waals surface area contributed by atoms with Gasteiger partial charge < -0.3 is 16.4 Å². The van der Waals surface area contributed by atoms with Gasteiger partial charge in [0.15, 0.2) is 0 Å². The van der Waals surface area contributed by atoms with E-state index in [4.69, 9.17) is 5.73 Å². The Morgan fingerprint density at radius 3 is 2.37 bits per heavy atom. The number of hydrogen-bond acceptors (Lipinski definition) is 2. The maximum atomic E-state index is 13.1. The summed E-state index contributed by atoms with van der Waals surface area (Å²) in [4.78, 5) is 23.0. The molecule has 5 nitrogen and oxygen atoms in total. The van der Waals surface area contributed by atoms with Crippen LogP contribution in [0.15, 0.2) is 48.5 Å². The molecule has 2 aromatic carbocycles. The lowest BCUT2D eigenvalue weighted by Crippen LogP contribution is -2.28. The van der Waals surface area contributed by atoms with Crippen LogP contribution in [0.1, 0.15) is 29.0 Å². The Labute approximate surface area is 153 Å². The zero-order valence-electron chi connectivity index (χ0n) is 14.2. The highest BCUT2D eigenvalue weighted by Crippen LogP contribution is 2.51. The van der Waals surface area contributed by atoms with E-state index in [-0.39, 0.29) is 18.0 Å². The molecular weight excluding hydrogens is 359 g/mol. The number of amides is 3. The van der Waals surface area contributed by atoms with Gasteiger partial charge in [-0.05, 0) is 41.7 Å². The Kier molecular flexibility index (Phi) is 5.07. The summed E-state index contributed by atoms with van der Waals surface area (Å²) >= 11 is 0. The summed E-state index contributed by atoms with van der Waals surface area (Å²) in [5.74, 6) is -1.22. The third-order valence-electron chi connectivity index (χ3n) is 4.48. The van der Waals surface area contributed by atoms with Crippen molar-refractivity contribution in [3.05, 3.63) is 65.2 Å². The van der Waals surface area contributed by atoms with E-state index < -0.39 is 29.6 Å². The SMILES string of the molecule is NC(=O)NCc1ccc(NC(=O)[C@@H]2C[C@@H]2c2ccccc2C(F)(F)F)cc1. The van der Waals surface area contributed by atoms with E-state index in [1.54, 1.807) is 30.3 Å². The van der Waals surface area contributed by atoms with E-state index in [0.717, 1.165) is 11.6 Å². The first-order chi connectivity index (χ1) is 12.8. The largest absolute Gasteiger partial charge is 0.416 e. The van der Waals surface area contributed by atoms with Crippen LogP contribution in [-0.2, 0) is 17.5 Å². The van der Waals surface area contributed by atoms with Gasteiger partial charge in [0.2, 0.25) is 5.91 Å². The Bertz CT molecular complexity index is 850. The quantitative estimate of drug-likeness (QED) is 0.744. The van der Waals surface area contributed by atoms with Crippen LogP contribution in [0.4, 0.5) is 23.7 Å². The van der Waals surface area contributed by atoms with E-state index in [1.165, 1.54) is 12.1 Å². The molecule has 0 heterocycles. The molecule has 1 aliphatic rings. The molecule has 1 fully saturated rings. The van der Waals surface area contributed by atoms with Gasteiger partial charge >= 0.3 is 12.2 Å². The van der Waals surface area contributed by atoms with Gasteiger partial charge in [-0.25, -0.2) is 4.79 Å². The molecule has 8 heteroatoms. The molecule has 0 aromatic heterocycles. The highest BCUT2D eigenvalue weighted by atomic mass is 19.4. The van der Waals surface area contributed by atoms with Crippen molar-refractivity contribution in [3.8, 4) is 0 Å². The summed E-state index contributed by atoms with van der Waals surface area (Å²) in [5.41, 5.74) is 5.82. The van der Waals surface area contributed by atoms with Crippen molar-refractivity contribution < 1.29 is 22.8 Å². The predicted molar refractivity (Wildman–Crippen MR) is 93.8 cm³/mol. The Hall–Kier alpha value is -3.03. The molecule has 0 aliphatic heterocycles. The van der Waals surface area contributed by atoms with Crippen LogP contribution in [0.3, 0.4) is 0 Å². The normalized spacial score (nSPS) is 18.6. The first-order valence-corrected chi connectivity index (χ1v) is 8.35. The first-order valence-electron chi connectivity index (χ1n) is 8.35. The molecule has 0 spiro atoms. The number of nitrogens with one attached hydrogen (secondary N) is 2. The number of carbonyl (C=O) groups is 2. The van der Waals surface area contributed by atoms with Crippen LogP contribution in [0.5, 0.6) is 0 Å². The van der Waals surface area contributed by atoms with Crippen LogP contribution < -0.4 is 16.4 Å². The highest BCUT2D eigenvalue weighted by molar-refractivity contribution is 5.95. The molecule has 27 heavy (non-hydrogen) atoms. The van der Waals surface area contributed by atoms with Gasteiger partial charge in [0.1, 0.15) is 0 Å². The molecule has 3 rings (SSSR count). The molecule has 3 amide bonds. The second kappa shape index (κ2) is 7.30. The first kappa shape index (κ1) is 18.8. The third-order valence-corrected chi connectivity index (χ3v) is 4.48. The molecule has 1 aliphatic carbocycles. The van der Waals surface area contributed by atoms with Crippen LogP contribution in [0.2, 0.25) is 0 Å². The van der Waals surface area contributed by atoms with Crippen LogP contribution in [0.25, 0.3) is 0 Å². The molecule has 2 atom stereocenters. The fourth-order valence-corrected chi connectivity index (χ4v) is 3.04. The number of hydrogen-bond donors (Lipinski definition) is 3. The summed E-state index contributed by atoms with van der Waals surface area (Å²) in [6.45, 7) is 0.266. The van der Waals surface area contributed by atoms with Crippen molar-refractivity contribution >= 4 is 17.6 Å². The standard InChI is InChI=1S/C19H18F3N3O2/c20-19(21,22)16-4-2-1-3-13(16)14-9-15(14)17(26)25-12-7-5-11(6-8-12)10-24-18(23)27/h1-8,14-15H,9-10H2,(H,25,26)(H3,23,24,27)/t14-,15-/m1/s1. The van der Waals surface area contributed by atoms with Crippen LogP contribution >= 0.6 is 0 Å². The summed E-state index contributed by atoms with van der Waals surface area (Å²) in [6.07, 6.45) is -4.05. The molecule has 142 valence electrons. The van der Waals surface area contributed by atoms with Gasteiger partial charge in [0.25, 0.3) is 0 Å². The number of carbonyl (C=O) groups excluding carboxylic acids is 2. The minimum atomic E-state index is -4.44. The van der Waals surface area contributed by atoms with Crippen molar-refractivity contribution in [3.63, 3.8) is 0 Å². The zero-order chi connectivity index (χ0) is 19.6. The Balaban J connectivity index is 1.62. The molecule has 4 N–H and O–H groups in total. The predicted octanol–water partition coefficient (Wildman–Crippen LogP) is 3.62. The Morgan fingerprint density at radius 2 is 1.74 bits per heavy atom. The van der Waals surface area contributed by atoms with Crippen LogP contribution in [-0.4, -0.2) is 11.9 Å². The van der Waals surface area contributed by atoms with E-state index in [1.807, 2.05) is 0 Å². The fourth-order valence-electron chi connectivity index (χ4n) is 3.04. The number of alkyl halides is 3. The molecule has 0 saturated heterocycles. The number of urea groups is 1. The van der Waals surface area contributed by atoms with Gasteiger partial charge in [0.05, 0.1) is 5.56 Å². The van der Waals surface area contributed by atoms with E-state index >= 15 is 0 Å². The van der Waals surface area contributed by atoms with Gasteiger partial charge in [-0.2, -0.15) is 13.2 Å². The lowest BCUT2D eigenvalue weighted by atomic mass is 10.0. The third kappa shape index (κ3) is 4.58. The molecule has 2 aromatic rings. The number of halogens is 3. The van der Waals surface area contributed by atoms with Crippen molar-refractivity contribution in [1.29, 1.82) is 0 Å². The van der Waals surface area contributed by atoms with Gasteiger partial charge in [-0.3, -0.25) is 4.79 Å². The van der Waals surface area contributed by atoms with Crippen LogP contribution in [0, 0.1) is 5.92 Å². The highest BCUT2D eigenvalue weighted by Gasteiger charge is 2.47. The summed E-state index contributed by atoms with van der Waals surface area (Å²) in [7, 11) is 0. The lowest BCUT2D eigenvalue weighted by molar-refractivity contribution is -0.138. The number of benzene rings is 2. The molecule has 1 saturated carbocycles. The average Bonchev–Trinajstić information content (AvgIpc) is 3.41. The summed E-state index contributed by atoms with van der Waals surface area (Å²) in [5, 5.41) is 5.17. The molecular formula is C19H18F3N3O2. The van der Waals surface area contributed by atoms with Crippen molar-refractivity contribution in [2.75, 3.05) is 5.32 Å². The topological polar surface area (TPSA) is 84.2 Å².